The number of halogens is 1. The predicted molar refractivity (Wildman–Crippen MR) is 94.9 cm³/mol. The fourth-order valence-electron chi connectivity index (χ4n) is 2.35. The van der Waals surface area contributed by atoms with Crippen molar-refractivity contribution in [2.24, 2.45) is 14.1 Å². The van der Waals surface area contributed by atoms with Crippen molar-refractivity contribution in [1.82, 2.24) is 14.5 Å². The average Bonchev–Trinajstić information content (AvgIpc) is 3.03. The number of aryl methyl sites for hydroxylation is 1. The summed E-state index contributed by atoms with van der Waals surface area (Å²) in [5.41, 5.74) is 0.0979. The molecule has 2 heterocycles. The van der Waals surface area contributed by atoms with Crippen molar-refractivity contribution in [1.29, 1.82) is 0 Å². The highest BCUT2D eigenvalue weighted by Gasteiger charge is 2.16. The minimum atomic E-state index is -0.414. The fraction of sp³-hybridized carbons (Fsp3) is 0.188. The molecule has 8 heteroatoms. The Balaban J connectivity index is 1.89. The second kappa shape index (κ2) is 6.26. The van der Waals surface area contributed by atoms with Gasteiger partial charge in [-0.15, -0.1) is 11.3 Å². The van der Waals surface area contributed by atoms with Gasteiger partial charge in [-0.3, -0.25) is 18.7 Å². The van der Waals surface area contributed by atoms with Crippen LogP contribution < -0.4 is 16.6 Å². The highest BCUT2D eigenvalue weighted by atomic mass is 35.5. The number of amides is 1. The maximum Gasteiger partial charge on any atom is 0.331 e. The highest BCUT2D eigenvalue weighted by molar-refractivity contribution is 7.20. The van der Waals surface area contributed by atoms with E-state index in [1.54, 1.807) is 19.2 Å². The minimum Gasteiger partial charge on any atom is -0.347 e. The molecule has 3 rings (SSSR count). The summed E-state index contributed by atoms with van der Waals surface area (Å²) >= 11 is 6.95. The van der Waals surface area contributed by atoms with E-state index in [2.05, 4.69) is 5.32 Å². The van der Waals surface area contributed by atoms with E-state index in [0.29, 0.717) is 26.7 Å². The normalized spacial score (nSPS) is 11.0. The van der Waals surface area contributed by atoms with E-state index in [0.717, 1.165) is 21.5 Å². The molecule has 0 unspecified atom stereocenters. The first kappa shape index (κ1) is 16.5. The second-order valence-corrected chi connectivity index (χ2v) is 6.81. The first-order chi connectivity index (χ1) is 11.4. The average molecular weight is 364 g/mol. The second-order valence-electron chi connectivity index (χ2n) is 5.34. The lowest BCUT2D eigenvalue weighted by molar-refractivity contribution is 0.0955. The number of fused-ring (bicyclic) bond motifs is 1. The van der Waals surface area contributed by atoms with Crippen molar-refractivity contribution >= 4 is 39.1 Å². The molecular weight excluding hydrogens is 350 g/mol. The number of rotatable bonds is 3. The lowest BCUT2D eigenvalue weighted by Gasteiger charge is -2.03. The van der Waals surface area contributed by atoms with Gasteiger partial charge in [0.15, 0.2) is 0 Å². The predicted octanol–water partition coefficient (Wildman–Crippen LogP) is 1.88. The van der Waals surface area contributed by atoms with Crippen LogP contribution in [0.15, 0.2) is 39.9 Å². The third-order valence-electron chi connectivity index (χ3n) is 3.72. The van der Waals surface area contributed by atoms with Gasteiger partial charge in [0, 0.05) is 25.7 Å². The number of thiophene rings is 1. The number of hydrogen-bond donors (Lipinski definition) is 1. The summed E-state index contributed by atoms with van der Waals surface area (Å²) in [5.74, 6) is -0.291. The summed E-state index contributed by atoms with van der Waals surface area (Å²) < 4.78 is 2.40. The molecule has 124 valence electrons. The number of carbonyl (C=O) groups is 1. The zero-order valence-electron chi connectivity index (χ0n) is 13.0. The van der Waals surface area contributed by atoms with Crippen LogP contribution in [0, 0.1) is 0 Å². The maximum atomic E-state index is 12.3. The number of hydrogen-bond acceptors (Lipinski definition) is 4. The van der Waals surface area contributed by atoms with Gasteiger partial charge in [-0.2, -0.15) is 0 Å². The van der Waals surface area contributed by atoms with Gasteiger partial charge in [-0.05, 0) is 23.8 Å². The molecule has 3 aromatic rings. The smallest absolute Gasteiger partial charge is 0.331 e. The first-order valence-corrected chi connectivity index (χ1v) is 8.30. The van der Waals surface area contributed by atoms with E-state index in [-0.39, 0.29) is 5.91 Å². The molecule has 0 radical (unpaired) electrons. The molecule has 1 N–H and O–H groups in total. The van der Waals surface area contributed by atoms with Crippen molar-refractivity contribution < 1.29 is 4.79 Å². The molecule has 0 fully saturated rings. The number of nitrogens with zero attached hydrogens (tertiary/aromatic N) is 2. The Morgan fingerprint density at radius 3 is 2.50 bits per heavy atom. The summed E-state index contributed by atoms with van der Waals surface area (Å²) in [6.07, 6.45) is 0. The molecule has 0 atom stereocenters. The first-order valence-electron chi connectivity index (χ1n) is 7.10. The van der Waals surface area contributed by atoms with Crippen molar-refractivity contribution in [2.45, 2.75) is 6.54 Å². The summed E-state index contributed by atoms with van der Waals surface area (Å²) in [4.78, 5) is 37.3. The van der Waals surface area contributed by atoms with Crippen molar-refractivity contribution in [3.63, 3.8) is 0 Å². The Kier molecular flexibility index (Phi) is 4.29. The van der Waals surface area contributed by atoms with Crippen LogP contribution in [0.25, 0.3) is 10.2 Å². The van der Waals surface area contributed by atoms with E-state index < -0.39 is 11.2 Å². The number of carbonyl (C=O) groups excluding carboxylic acids is 1. The topological polar surface area (TPSA) is 73.1 Å². The third kappa shape index (κ3) is 2.88. The van der Waals surface area contributed by atoms with Crippen LogP contribution in [0.3, 0.4) is 0 Å². The van der Waals surface area contributed by atoms with Crippen molar-refractivity contribution in [3.05, 3.63) is 66.6 Å². The minimum absolute atomic E-state index is 0.291. The Bertz CT molecular complexity index is 1050. The zero-order chi connectivity index (χ0) is 17.4. The molecule has 0 aliphatic carbocycles. The van der Waals surface area contributed by atoms with Crippen LogP contribution in [0.2, 0.25) is 5.02 Å². The molecule has 0 aliphatic heterocycles. The lowest BCUT2D eigenvalue weighted by Crippen LogP contribution is -2.36. The van der Waals surface area contributed by atoms with Gasteiger partial charge in [-0.25, -0.2) is 4.79 Å². The van der Waals surface area contributed by atoms with Crippen LogP contribution >= 0.6 is 22.9 Å². The molecule has 0 bridgehead atoms. The standard InChI is InChI=1S/C16H14ClN3O3S/c1-19-14(22)11-7-12(24-15(11)20(2)16(19)23)13(21)18-8-9-3-5-10(17)6-4-9/h3-7H,8H2,1-2H3,(H,18,21). The summed E-state index contributed by atoms with van der Waals surface area (Å²) in [6, 6.07) is 8.68. The molecule has 6 nitrogen and oxygen atoms in total. The van der Waals surface area contributed by atoms with Gasteiger partial charge >= 0.3 is 5.69 Å². The van der Waals surface area contributed by atoms with Gasteiger partial charge < -0.3 is 5.32 Å². The zero-order valence-corrected chi connectivity index (χ0v) is 14.6. The Morgan fingerprint density at radius 2 is 1.83 bits per heavy atom. The maximum absolute atomic E-state index is 12.3. The molecule has 1 aromatic carbocycles. The largest absolute Gasteiger partial charge is 0.347 e. The summed E-state index contributed by atoms with van der Waals surface area (Å²) in [6.45, 7) is 0.348. The Morgan fingerprint density at radius 1 is 1.17 bits per heavy atom. The van der Waals surface area contributed by atoms with Gasteiger partial charge in [0.05, 0.1) is 10.3 Å². The quantitative estimate of drug-likeness (QED) is 0.772. The number of aromatic nitrogens is 2. The molecule has 0 saturated heterocycles. The molecule has 0 saturated carbocycles. The van der Waals surface area contributed by atoms with E-state index in [1.165, 1.54) is 17.7 Å². The molecule has 1 amide bonds. The lowest BCUT2D eigenvalue weighted by atomic mass is 10.2. The monoisotopic (exact) mass is 363 g/mol. The van der Waals surface area contributed by atoms with E-state index in [9.17, 15) is 14.4 Å². The van der Waals surface area contributed by atoms with Gasteiger partial charge in [0.25, 0.3) is 11.5 Å². The fourth-order valence-corrected chi connectivity index (χ4v) is 3.49. The third-order valence-corrected chi connectivity index (χ3v) is 5.18. The van der Waals surface area contributed by atoms with E-state index in [4.69, 9.17) is 11.6 Å². The summed E-state index contributed by atoms with van der Waals surface area (Å²) in [5, 5.41) is 3.79. The van der Waals surface area contributed by atoms with Crippen molar-refractivity contribution in [3.8, 4) is 0 Å². The summed E-state index contributed by atoms with van der Waals surface area (Å²) in [7, 11) is 3.00. The Labute approximate surface area is 145 Å². The van der Waals surface area contributed by atoms with E-state index >= 15 is 0 Å². The van der Waals surface area contributed by atoms with Crippen LogP contribution in [0.5, 0.6) is 0 Å². The van der Waals surface area contributed by atoms with Crippen LogP contribution in [-0.2, 0) is 20.6 Å². The molecule has 0 spiro atoms. The van der Waals surface area contributed by atoms with Gasteiger partial charge in [-0.1, -0.05) is 23.7 Å². The molecular formula is C16H14ClN3O3S. The van der Waals surface area contributed by atoms with Crippen LogP contribution in [-0.4, -0.2) is 15.0 Å². The molecule has 0 aliphatic rings. The number of benzene rings is 1. The Hall–Kier alpha value is -2.38. The molecule has 24 heavy (non-hydrogen) atoms. The van der Waals surface area contributed by atoms with Gasteiger partial charge in [0.1, 0.15) is 4.83 Å². The highest BCUT2D eigenvalue weighted by Crippen LogP contribution is 2.21. The van der Waals surface area contributed by atoms with Crippen LogP contribution in [0.1, 0.15) is 15.2 Å². The number of nitrogens with one attached hydrogen (secondary N) is 1. The molecule has 2 aromatic heterocycles. The van der Waals surface area contributed by atoms with Crippen molar-refractivity contribution in [2.75, 3.05) is 0 Å². The SMILES string of the molecule is Cn1c(=O)c2cc(C(=O)NCc3ccc(Cl)cc3)sc2n(C)c1=O. The van der Waals surface area contributed by atoms with E-state index in [1.807, 2.05) is 12.1 Å². The van der Waals surface area contributed by atoms with Crippen LogP contribution in [0.4, 0.5) is 0 Å². The van der Waals surface area contributed by atoms with Gasteiger partial charge in [0.2, 0.25) is 0 Å².